The van der Waals surface area contributed by atoms with E-state index in [1.54, 1.807) is 13.8 Å². The van der Waals surface area contributed by atoms with Crippen LogP contribution in [0.4, 0.5) is 5.13 Å². The Labute approximate surface area is 74.4 Å². The van der Waals surface area contributed by atoms with Gasteiger partial charge in [-0.15, -0.1) is 10.2 Å². The van der Waals surface area contributed by atoms with Gasteiger partial charge in [0.25, 0.3) is 0 Å². The third-order valence-corrected chi connectivity index (χ3v) is 1.58. The predicted molar refractivity (Wildman–Crippen MR) is 47.5 cm³/mol. The summed E-state index contributed by atoms with van der Waals surface area (Å²) in [5.74, 6) is 5.28. The van der Waals surface area contributed by atoms with E-state index in [0.717, 1.165) is 0 Å². The molecule has 0 unspecified atom stereocenters. The van der Waals surface area contributed by atoms with Gasteiger partial charge < -0.3 is 10.8 Å². The maximum Gasteiger partial charge on any atom is 0.203 e. The number of aromatic nitrogens is 2. The zero-order valence-electron chi connectivity index (χ0n) is 6.83. The van der Waals surface area contributed by atoms with E-state index in [1.807, 2.05) is 0 Å². The van der Waals surface area contributed by atoms with E-state index in [2.05, 4.69) is 22.0 Å². The van der Waals surface area contributed by atoms with Crippen molar-refractivity contribution in [2.75, 3.05) is 5.73 Å². The minimum atomic E-state index is -1.000. The summed E-state index contributed by atoms with van der Waals surface area (Å²) in [6, 6.07) is 0. The highest BCUT2D eigenvalue weighted by atomic mass is 32.1. The van der Waals surface area contributed by atoms with Crippen LogP contribution in [0.5, 0.6) is 0 Å². The number of hydrogen-bond acceptors (Lipinski definition) is 5. The standard InChI is InChI=1S/C7H9N3OS/c1-7(2,11)4-3-5-9-10-6(8)12-5/h11H,1-2H3,(H2,8,10). The zero-order chi connectivity index (χ0) is 9.19. The van der Waals surface area contributed by atoms with Gasteiger partial charge in [-0.3, -0.25) is 0 Å². The average Bonchev–Trinajstić information content (AvgIpc) is 2.30. The van der Waals surface area contributed by atoms with Crippen molar-refractivity contribution in [2.45, 2.75) is 19.4 Å². The van der Waals surface area contributed by atoms with Gasteiger partial charge >= 0.3 is 0 Å². The molecule has 0 fully saturated rings. The van der Waals surface area contributed by atoms with Crippen LogP contribution in [0.2, 0.25) is 0 Å². The third-order valence-electron chi connectivity index (χ3n) is 0.916. The van der Waals surface area contributed by atoms with Crippen LogP contribution in [0.15, 0.2) is 0 Å². The Morgan fingerprint density at radius 3 is 2.58 bits per heavy atom. The molecule has 0 aliphatic rings. The first kappa shape index (κ1) is 8.97. The number of nitrogens with zero attached hydrogens (tertiary/aromatic N) is 2. The van der Waals surface area contributed by atoms with E-state index in [0.29, 0.717) is 10.1 Å². The normalized spacial score (nSPS) is 10.6. The molecule has 1 aromatic heterocycles. The average molecular weight is 183 g/mol. The van der Waals surface area contributed by atoms with Crippen molar-refractivity contribution in [2.24, 2.45) is 0 Å². The summed E-state index contributed by atoms with van der Waals surface area (Å²) in [6.45, 7) is 3.20. The largest absolute Gasteiger partial charge is 0.378 e. The smallest absolute Gasteiger partial charge is 0.203 e. The highest BCUT2D eigenvalue weighted by molar-refractivity contribution is 7.15. The van der Waals surface area contributed by atoms with Crippen LogP contribution in [-0.4, -0.2) is 20.9 Å². The minimum Gasteiger partial charge on any atom is -0.378 e. The van der Waals surface area contributed by atoms with Crippen LogP contribution >= 0.6 is 11.3 Å². The molecule has 0 radical (unpaired) electrons. The summed E-state index contributed by atoms with van der Waals surface area (Å²) in [4.78, 5) is 0. The fourth-order valence-corrected chi connectivity index (χ4v) is 0.955. The molecular formula is C7H9N3OS. The fourth-order valence-electron chi connectivity index (χ4n) is 0.491. The molecule has 64 valence electrons. The Hall–Kier alpha value is -1.12. The first-order valence-electron chi connectivity index (χ1n) is 3.32. The lowest BCUT2D eigenvalue weighted by Gasteiger charge is -2.04. The molecule has 0 aliphatic carbocycles. The molecule has 0 saturated heterocycles. The molecule has 0 aromatic carbocycles. The molecule has 1 rings (SSSR count). The summed E-state index contributed by atoms with van der Waals surface area (Å²) in [5.41, 5.74) is 4.33. The maximum atomic E-state index is 9.24. The third kappa shape index (κ3) is 2.86. The van der Waals surface area contributed by atoms with E-state index in [4.69, 9.17) is 5.73 Å². The van der Waals surface area contributed by atoms with Gasteiger partial charge in [-0.05, 0) is 19.8 Å². The molecule has 3 N–H and O–H groups in total. The van der Waals surface area contributed by atoms with Crippen molar-refractivity contribution >= 4 is 16.5 Å². The van der Waals surface area contributed by atoms with E-state index in [9.17, 15) is 5.11 Å². The summed E-state index contributed by atoms with van der Waals surface area (Å²) in [7, 11) is 0. The summed E-state index contributed by atoms with van der Waals surface area (Å²) in [5, 5.41) is 17.4. The Kier molecular flexibility index (Phi) is 2.31. The van der Waals surface area contributed by atoms with Crippen molar-refractivity contribution in [3.8, 4) is 11.8 Å². The second kappa shape index (κ2) is 3.09. The Morgan fingerprint density at radius 1 is 1.50 bits per heavy atom. The van der Waals surface area contributed by atoms with Crippen LogP contribution in [0.25, 0.3) is 0 Å². The number of nitrogen functional groups attached to an aromatic ring is 1. The minimum absolute atomic E-state index is 0.384. The van der Waals surface area contributed by atoms with Gasteiger partial charge in [0.2, 0.25) is 5.13 Å². The number of hydrogen-bond donors (Lipinski definition) is 2. The molecular weight excluding hydrogens is 174 g/mol. The summed E-state index contributed by atoms with van der Waals surface area (Å²) < 4.78 is 0. The van der Waals surface area contributed by atoms with Gasteiger partial charge in [-0.1, -0.05) is 17.3 Å². The summed E-state index contributed by atoms with van der Waals surface area (Å²) in [6.07, 6.45) is 0. The van der Waals surface area contributed by atoms with E-state index in [1.165, 1.54) is 11.3 Å². The number of anilines is 1. The molecule has 1 heterocycles. The van der Waals surface area contributed by atoms with E-state index < -0.39 is 5.60 Å². The molecule has 0 saturated carbocycles. The van der Waals surface area contributed by atoms with Gasteiger partial charge in [0.1, 0.15) is 5.60 Å². The lowest BCUT2D eigenvalue weighted by atomic mass is 10.1. The number of aliphatic hydroxyl groups is 1. The van der Waals surface area contributed by atoms with Crippen LogP contribution in [0.3, 0.4) is 0 Å². The monoisotopic (exact) mass is 183 g/mol. The second-order valence-corrected chi connectivity index (χ2v) is 3.76. The van der Waals surface area contributed by atoms with Gasteiger partial charge in [0, 0.05) is 0 Å². The molecule has 0 spiro atoms. The van der Waals surface area contributed by atoms with Crippen molar-refractivity contribution < 1.29 is 5.11 Å². The first-order valence-corrected chi connectivity index (χ1v) is 4.13. The highest BCUT2D eigenvalue weighted by Crippen LogP contribution is 2.09. The van der Waals surface area contributed by atoms with Crippen molar-refractivity contribution in [3.63, 3.8) is 0 Å². The van der Waals surface area contributed by atoms with Crippen LogP contribution in [0.1, 0.15) is 18.9 Å². The van der Waals surface area contributed by atoms with Crippen LogP contribution in [0, 0.1) is 11.8 Å². The number of nitrogens with two attached hydrogens (primary N) is 1. The van der Waals surface area contributed by atoms with Crippen molar-refractivity contribution in [3.05, 3.63) is 5.01 Å². The van der Waals surface area contributed by atoms with Gasteiger partial charge in [-0.25, -0.2) is 0 Å². The fraction of sp³-hybridized carbons (Fsp3) is 0.429. The van der Waals surface area contributed by atoms with Crippen LogP contribution in [-0.2, 0) is 0 Å². The highest BCUT2D eigenvalue weighted by Gasteiger charge is 2.06. The molecule has 0 aliphatic heterocycles. The van der Waals surface area contributed by atoms with Crippen LogP contribution < -0.4 is 5.73 Å². The van der Waals surface area contributed by atoms with E-state index in [-0.39, 0.29) is 0 Å². The predicted octanol–water partition coefficient (Wildman–Crippen LogP) is 0.243. The van der Waals surface area contributed by atoms with E-state index >= 15 is 0 Å². The number of rotatable bonds is 0. The van der Waals surface area contributed by atoms with Gasteiger partial charge in [0.05, 0.1) is 0 Å². The van der Waals surface area contributed by atoms with Gasteiger partial charge in [0.15, 0.2) is 5.01 Å². The molecule has 5 heteroatoms. The van der Waals surface area contributed by atoms with Crippen molar-refractivity contribution in [1.82, 2.24) is 10.2 Å². The molecule has 4 nitrogen and oxygen atoms in total. The van der Waals surface area contributed by atoms with Gasteiger partial charge in [-0.2, -0.15) is 0 Å². The molecule has 0 amide bonds. The second-order valence-electron chi connectivity index (χ2n) is 2.75. The molecule has 12 heavy (non-hydrogen) atoms. The quantitative estimate of drug-likeness (QED) is 0.565. The SMILES string of the molecule is CC(C)(O)C#Cc1nnc(N)s1. The van der Waals surface area contributed by atoms with Crippen molar-refractivity contribution in [1.29, 1.82) is 0 Å². The topological polar surface area (TPSA) is 72.0 Å². The molecule has 0 bridgehead atoms. The Morgan fingerprint density at radius 2 is 2.17 bits per heavy atom. The molecule has 0 atom stereocenters. The summed E-state index contributed by atoms with van der Waals surface area (Å²) >= 11 is 1.20. The first-order chi connectivity index (χ1) is 5.47. The lowest BCUT2D eigenvalue weighted by Crippen LogP contribution is -2.14. The maximum absolute atomic E-state index is 9.24. The molecule has 1 aromatic rings. The lowest BCUT2D eigenvalue weighted by molar-refractivity contribution is 0.143. The Bertz CT molecular complexity index is 328. The zero-order valence-corrected chi connectivity index (χ0v) is 7.64. The Balaban J connectivity index is 2.80.